The number of allylic oxidation sites excluding steroid dienone is 2. The molecule has 0 amide bonds. The van der Waals surface area contributed by atoms with Crippen LogP contribution in [-0.4, -0.2) is 17.3 Å². The molecule has 0 aromatic heterocycles. The summed E-state index contributed by atoms with van der Waals surface area (Å²) in [6.07, 6.45) is 3.45. The molecular weight excluding hydrogens is 256 g/mol. The molecular formula is C15H18N2O3. The Hall–Kier alpha value is -2.17. The maximum atomic E-state index is 12.4. The summed E-state index contributed by atoms with van der Waals surface area (Å²) in [6, 6.07) is 6.85. The van der Waals surface area contributed by atoms with Gasteiger partial charge < -0.3 is 5.32 Å². The van der Waals surface area contributed by atoms with E-state index < -0.39 is 10.7 Å². The van der Waals surface area contributed by atoms with E-state index in [9.17, 15) is 14.9 Å². The van der Waals surface area contributed by atoms with Crippen molar-refractivity contribution in [3.05, 3.63) is 56.9 Å². The predicted molar refractivity (Wildman–Crippen MR) is 76.0 cm³/mol. The van der Waals surface area contributed by atoms with E-state index in [4.69, 9.17) is 0 Å². The summed E-state index contributed by atoms with van der Waals surface area (Å²) in [5.74, 6) is -0.514. The van der Waals surface area contributed by atoms with E-state index in [1.54, 1.807) is 24.3 Å². The molecule has 1 aliphatic heterocycles. The van der Waals surface area contributed by atoms with E-state index in [2.05, 4.69) is 5.32 Å². The zero-order valence-corrected chi connectivity index (χ0v) is 11.5. The summed E-state index contributed by atoms with van der Waals surface area (Å²) in [4.78, 5) is 23.1. The minimum absolute atomic E-state index is 0.309. The van der Waals surface area contributed by atoms with Crippen molar-refractivity contribution in [1.82, 2.24) is 5.32 Å². The number of benzene rings is 1. The molecule has 0 aliphatic carbocycles. The van der Waals surface area contributed by atoms with Crippen LogP contribution in [0.5, 0.6) is 0 Å². The van der Waals surface area contributed by atoms with Crippen LogP contribution in [0.3, 0.4) is 0 Å². The standard InChI is InChI=1S/C15H18N2O3/c1-11-6-8-12(9-7-11)15(18)14(17(19)20)13-5-3-2-4-10-16-13/h6-9,16H,2-5,10H2,1H3. The van der Waals surface area contributed by atoms with E-state index in [0.717, 1.165) is 24.8 Å². The highest BCUT2D eigenvalue weighted by molar-refractivity contribution is 6.07. The molecule has 5 nitrogen and oxygen atoms in total. The van der Waals surface area contributed by atoms with Crippen LogP contribution in [0, 0.1) is 17.0 Å². The summed E-state index contributed by atoms with van der Waals surface area (Å²) in [5, 5.41) is 14.3. The monoisotopic (exact) mass is 274 g/mol. The first-order chi connectivity index (χ1) is 9.59. The highest BCUT2D eigenvalue weighted by Crippen LogP contribution is 2.19. The van der Waals surface area contributed by atoms with Gasteiger partial charge in [-0.2, -0.15) is 0 Å². The first-order valence-electron chi connectivity index (χ1n) is 6.82. The largest absolute Gasteiger partial charge is 0.383 e. The van der Waals surface area contributed by atoms with E-state index in [1.165, 1.54) is 0 Å². The molecule has 0 radical (unpaired) electrons. The second-order valence-electron chi connectivity index (χ2n) is 5.02. The summed E-state index contributed by atoms with van der Waals surface area (Å²) in [6.45, 7) is 2.60. The van der Waals surface area contributed by atoms with Gasteiger partial charge in [0.05, 0.1) is 10.6 Å². The molecule has 1 N–H and O–H groups in total. The van der Waals surface area contributed by atoms with Crippen LogP contribution in [0.15, 0.2) is 35.7 Å². The lowest BCUT2D eigenvalue weighted by Gasteiger charge is -2.08. The van der Waals surface area contributed by atoms with Gasteiger partial charge in [0.2, 0.25) is 0 Å². The Morgan fingerprint density at radius 2 is 1.90 bits per heavy atom. The number of carbonyl (C=O) groups is 1. The Balaban J connectivity index is 2.37. The van der Waals surface area contributed by atoms with E-state index in [1.807, 2.05) is 6.92 Å². The minimum Gasteiger partial charge on any atom is -0.383 e. The predicted octanol–water partition coefficient (Wildman–Crippen LogP) is 2.83. The minimum atomic E-state index is -0.560. The summed E-state index contributed by atoms with van der Waals surface area (Å²) >= 11 is 0. The third kappa shape index (κ3) is 3.23. The first kappa shape index (κ1) is 14.2. The number of Topliss-reactive ketones (excluding diaryl/α,β-unsaturated/α-hetero) is 1. The fourth-order valence-electron chi connectivity index (χ4n) is 2.31. The lowest BCUT2D eigenvalue weighted by atomic mass is 10.0. The molecule has 2 rings (SSSR count). The average molecular weight is 274 g/mol. The smallest absolute Gasteiger partial charge is 0.335 e. The molecule has 0 unspecified atom stereocenters. The Morgan fingerprint density at radius 1 is 1.20 bits per heavy atom. The second-order valence-corrected chi connectivity index (χ2v) is 5.02. The number of nitrogens with one attached hydrogen (secondary N) is 1. The number of ketones is 1. The van der Waals surface area contributed by atoms with Crippen molar-refractivity contribution in [1.29, 1.82) is 0 Å². The maximum absolute atomic E-state index is 12.4. The molecule has 0 bridgehead atoms. The summed E-state index contributed by atoms with van der Waals surface area (Å²) in [7, 11) is 0. The van der Waals surface area contributed by atoms with E-state index in [-0.39, 0.29) is 5.70 Å². The molecule has 20 heavy (non-hydrogen) atoms. The zero-order chi connectivity index (χ0) is 14.5. The quantitative estimate of drug-likeness (QED) is 0.398. The number of carbonyl (C=O) groups excluding carboxylic acids is 1. The molecule has 1 saturated heterocycles. The van der Waals surface area contributed by atoms with Crippen LogP contribution in [0.2, 0.25) is 0 Å². The van der Waals surface area contributed by atoms with Gasteiger partial charge in [-0.1, -0.05) is 36.2 Å². The van der Waals surface area contributed by atoms with Gasteiger partial charge in [-0.05, 0) is 26.2 Å². The van der Waals surface area contributed by atoms with Gasteiger partial charge in [0.15, 0.2) is 0 Å². The molecule has 106 valence electrons. The number of nitrogens with zero attached hydrogens (tertiary/aromatic N) is 1. The first-order valence-corrected chi connectivity index (χ1v) is 6.82. The number of rotatable bonds is 3. The van der Waals surface area contributed by atoms with Crippen molar-refractivity contribution >= 4 is 5.78 Å². The van der Waals surface area contributed by atoms with Crippen LogP contribution in [0.25, 0.3) is 0 Å². The Bertz CT molecular complexity index is 537. The lowest BCUT2D eigenvalue weighted by Crippen LogP contribution is -2.22. The highest BCUT2D eigenvalue weighted by Gasteiger charge is 2.28. The van der Waals surface area contributed by atoms with Crippen LogP contribution in [0.1, 0.15) is 41.6 Å². The van der Waals surface area contributed by atoms with Gasteiger partial charge >= 0.3 is 5.70 Å². The molecule has 1 fully saturated rings. The van der Waals surface area contributed by atoms with Crippen molar-refractivity contribution < 1.29 is 9.72 Å². The molecule has 1 aliphatic rings. The zero-order valence-electron chi connectivity index (χ0n) is 11.5. The van der Waals surface area contributed by atoms with Crippen molar-refractivity contribution in [3.8, 4) is 0 Å². The van der Waals surface area contributed by atoms with E-state index >= 15 is 0 Å². The van der Waals surface area contributed by atoms with Crippen LogP contribution < -0.4 is 5.32 Å². The van der Waals surface area contributed by atoms with Gasteiger partial charge in [-0.25, -0.2) is 0 Å². The maximum Gasteiger partial charge on any atom is 0.335 e. The average Bonchev–Trinajstić information content (AvgIpc) is 2.68. The van der Waals surface area contributed by atoms with Gasteiger partial charge in [0.25, 0.3) is 5.78 Å². The van der Waals surface area contributed by atoms with Crippen molar-refractivity contribution in [2.75, 3.05) is 6.54 Å². The van der Waals surface area contributed by atoms with Gasteiger partial charge in [0, 0.05) is 12.1 Å². The van der Waals surface area contributed by atoms with Gasteiger partial charge in [-0.3, -0.25) is 14.9 Å². The van der Waals surface area contributed by atoms with Crippen molar-refractivity contribution in [2.45, 2.75) is 32.6 Å². The molecule has 0 spiro atoms. The fraction of sp³-hybridized carbons (Fsp3) is 0.400. The third-order valence-corrected chi connectivity index (χ3v) is 3.44. The molecule has 5 heteroatoms. The molecule has 1 aromatic rings. The SMILES string of the molecule is Cc1ccc(C(=O)C(=C2CCCCCN2)[N+](=O)[O-])cc1. The summed E-state index contributed by atoms with van der Waals surface area (Å²) in [5.41, 5.74) is 1.54. The lowest BCUT2D eigenvalue weighted by molar-refractivity contribution is -0.418. The Labute approximate surface area is 117 Å². The number of aryl methyl sites for hydroxylation is 1. The molecule has 0 atom stereocenters. The normalized spacial score (nSPS) is 17.9. The van der Waals surface area contributed by atoms with Crippen LogP contribution >= 0.6 is 0 Å². The van der Waals surface area contributed by atoms with Crippen LogP contribution in [-0.2, 0) is 0 Å². The van der Waals surface area contributed by atoms with Crippen molar-refractivity contribution in [2.24, 2.45) is 0 Å². The number of nitro groups is 1. The van der Waals surface area contributed by atoms with Crippen molar-refractivity contribution in [3.63, 3.8) is 0 Å². The van der Waals surface area contributed by atoms with E-state index in [0.29, 0.717) is 24.2 Å². The Kier molecular flexibility index (Phi) is 4.50. The molecule has 1 heterocycles. The third-order valence-electron chi connectivity index (χ3n) is 3.44. The topological polar surface area (TPSA) is 72.2 Å². The van der Waals surface area contributed by atoms with Gasteiger partial charge in [-0.15, -0.1) is 0 Å². The number of hydrogen-bond donors (Lipinski definition) is 1. The second kappa shape index (κ2) is 6.32. The fourth-order valence-corrected chi connectivity index (χ4v) is 2.31. The highest BCUT2D eigenvalue weighted by atomic mass is 16.6. The Morgan fingerprint density at radius 3 is 2.55 bits per heavy atom. The summed E-state index contributed by atoms with van der Waals surface area (Å²) < 4.78 is 0. The van der Waals surface area contributed by atoms with Crippen LogP contribution in [0.4, 0.5) is 0 Å². The number of hydrogen-bond acceptors (Lipinski definition) is 4. The van der Waals surface area contributed by atoms with Gasteiger partial charge in [0.1, 0.15) is 0 Å². The molecule has 1 aromatic carbocycles. The molecule has 0 saturated carbocycles.